The molecule has 4 aliphatic rings. The highest BCUT2D eigenvalue weighted by Crippen LogP contribution is 2.67. The summed E-state index contributed by atoms with van der Waals surface area (Å²) in [7, 11) is 0. The number of unbranched alkanes of at least 4 members (excludes halogenated alkanes) is 14. The lowest BCUT2D eigenvalue weighted by Gasteiger charge is -2.58. The lowest BCUT2D eigenvalue weighted by Crippen LogP contribution is -2.51. The van der Waals surface area contributed by atoms with Gasteiger partial charge in [0.1, 0.15) is 0 Å². The summed E-state index contributed by atoms with van der Waals surface area (Å²) >= 11 is 0. The zero-order valence-corrected chi connectivity index (χ0v) is 31.6. The van der Waals surface area contributed by atoms with E-state index in [1.165, 1.54) is 167 Å². The Kier molecular flexibility index (Phi) is 15.9. The van der Waals surface area contributed by atoms with Crippen molar-refractivity contribution in [3.63, 3.8) is 0 Å². The van der Waals surface area contributed by atoms with Gasteiger partial charge in [-0.2, -0.15) is 0 Å². The molecule has 8 atom stereocenters. The van der Waals surface area contributed by atoms with E-state index in [0.29, 0.717) is 16.9 Å². The standard InChI is InChI=1S/C44H80O/c1-7-8-9-10-11-12-13-14-15-16-17-18-19-20-21-33-45-38-29-31-43(5)37(34-38)25-26-39-41-28-27-40(36(4)24-22-23-35(2)3)44(41,6)32-30-42(39)43/h25,35-36,38-42H,7-24,26-34H2,1-6H3/t36-,38+,39+,40-,41+,42+,43+,44-/m1/s1. The van der Waals surface area contributed by atoms with Crippen LogP contribution >= 0.6 is 0 Å². The normalized spacial score (nSPS) is 33.5. The van der Waals surface area contributed by atoms with Crippen LogP contribution < -0.4 is 0 Å². The van der Waals surface area contributed by atoms with Gasteiger partial charge in [-0.05, 0) is 104 Å². The Balaban J connectivity index is 1.09. The smallest absolute Gasteiger partial charge is 0.0612 e. The van der Waals surface area contributed by atoms with Crippen molar-refractivity contribution in [2.45, 2.75) is 215 Å². The van der Waals surface area contributed by atoms with Crippen LogP contribution in [0.4, 0.5) is 0 Å². The lowest BCUT2D eigenvalue weighted by molar-refractivity contribution is -0.0641. The fraction of sp³-hybridized carbons (Fsp3) is 0.955. The van der Waals surface area contributed by atoms with Gasteiger partial charge in [-0.1, -0.05) is 162 Å². The molecule has 45 heavy (non-hydrogen) atoms. The molecule has 4 rings (SSSR count). The molecule has 0 spiro atoms. The van der Waals surface area contributed by atoms with Crippen LogP contribution in [0.1, 0.15) is 208 Å². The van der Waals surface area contributed by atoms with Crippen LogP contribution in [-0.2, 0) is 4.74 Å². The molecule has 0 unspecified atom stereocenters. The van der Waals surface area contributed by atoms with Gasteiger partial charge < -0.3 is 4.74 Å². The van der Waals surface area contributed by atoms with E-state index in [-0.39, 0.29) is 0 Å². The third-order valence-corrected chi connectivity index (χ3v) is 14.4. The second-order valence-corrected chi connectivity index (χ2v) is 18.0. The zero-order valence-electron chi connectivity index (χ0n) is 31.6. The Labute approximate surface area is 283 Å². The minimum atomic E-state index is 0.458. The molecule has 3 fully saturated rings. The average Bonchev–Trinajstić information content (AvgIpc) is 3.38. The quantitative estimate of drug-likeness (QED) is 0.0860. The van der Waals surface area contributed by atoms with Gasteiger partial charge in [-0.3, -0.25) is 0 Å². The van der Waals surface area contributed by atoms with Gasteiger partial charge in [-0.15, -0.1) is 0 Å². The van der Waals surface area contributed by atoms with Gasteiger partial charge >= 0.3 is 0 Å². The maximum Gasteiger partial charge on any atom is 0.0612 e. The number of hydrogen-bond donors (Lipinski definition) is 0. The van der Waals surface area contributed by atoms with Crippen molar-refractivity contribution in [3.05, 3.63) is 11.6 Å². The molecule has 1 heteroatoms. The molecule has 0 aromatic rings. The van der Waals surface area contributed by atoms with E-state index < -0.39 is 0 Å². The van der Waals surface area contributed by atoms with E-state index >= 15 is 0 Å². The molecule has 0 bridgehead atoms. The maximum absolute atomic E-state index is 6.56. The first-order valence-electron chi connectivity index (χ1n) is 21.1. The van der Waals surface area contributed by atoms with Crippen LogP contribution in [0.15, 0.2) is 11.6 Å². The van der Waals surface area contributed by atoms with Crippen LogP contribution in [0, 0.1) is 46.3 Å². The molecule has 0 radical (unpaired) electrons. The van der Waals surface area contributed by atoms with E-state index in [1.54, 1.807) is 5.57 Å². The second kappa shape index (κ2) is 19.0. The van der Waals surface area contributed by atoms with Crippen LogP contribution in [0.5, 0.6) is 0 Å². The summed E-state index contributed by atoms with van der Waals surface area (Å²) in [5, 5.41) is 0. The Bertz CT molecular complexity index is 842. The predicted octanol–water partition coefficient (Wildman–Crippen LogP) is 14.3. The molecule has 0 saturated heterocycles. The Morgan fingerprint density at radius 1 is 0.689 bits per heavy atom. The largest absolute Gasteiger partial charge is 0.378 e. The molecule has 262 valence electrons. The van der Waals surface area contributed by atoms with E-state index in [4.69, 9.17) is 4.74 Å². The lowest BCUT2D eigenvalue weighted by atomic mass is 9.47. The molecule has 0 heterocycles. The average molecular weight is 625 g/mol. The Hall–Kier alpha value is -0.300. The van der Waals surface area contributed by atoms with Crippen molar-refractivity contribution in [2.75, 3.05) is 6.61 Å². The van der Waals surface area contributed by atoms with E-state index in [0.717, 1.165) is 42.1 Å². The van der Waals surface area contributed by atoms with Crippen LogP contribution in [0.2, 0.25) is 0 Å². The van der Waals surface area contributed by atoms with Crippen molar-refractivity contribution in [3.8, 4) is 0 Å². The first-order valence-corrected chi connectivity index (χ1v) is 21.1. The van der Waals surface area contributed by atoms with Crippen molar-refractivity contribution in [1.29, 1.82) is 0 Å². The molecule has 0 amide bonds. The van der Waals surface area contributed by atoms with Crippen LogP contribution in [-0.4, -0.2) is 12.7 Å². The zero-order chi connectivity index (χ0) is 32.1. The number of rotatable bonds is 22. The number of hydrogen-bond acceptors (Lipinski definition) is 1. The fourth-order valence-corrected chi connectivity index (χ4v) is 11.5. The first kappa shape index (κ1) is 37.5. The molecule has 1 nitrogen and oxygen atoms in total. The molecular formula is C44H80O. The highest BCUT2D eigenvalue weighted by Gasteiger charge is 2.59. The van der Waals surface area contributed by atoms with Crippen molar-refractivity contribution in [2.24, 2.45) is 46.3 Å². The minimum Gasteiger partial charge on any atom is -0.378 e. The third kappa shape index (κ3) is 10.3. The highest BCUT2D eigenvalue weighted by molar-refractivity contribution is 5.25. The highest BCUT2D eigenvalue weighted by atomic mass is 16.5. The first-order chi connectivity index (χ1) is 21.8. The van der Waals surface area contributed by atoms with Gasteiger partial charge in [-0.25, -0.2) is 0 Å². The van der Waals surface area contributed by atoms with Crippen LogP contribution in [0.25, 0.3) is 0 Å². The summed E-state index contributed by atoms with van der Waals surface area (Å²) in [5.41, 5.74) is 2.87. The molecular weight excluding hydrogens is 544 g/mol. The monoisotopic (exact) mass is 625 g/mol. The van der Waals surface area contributed by atoms with Crippen molar-refractivity contribution < 1.29 is 4.74 Å². The summed E-state index contributed by atoms with van der Waals surface area (Å²) in [4.78, 5) is 0. The number of allylic oxidation sites excluding steroid dienone is 1. The van der Waals surface area contributed by atoms with Crippen molar-refractivity contribution in [1.82, 2.24) is 0 Å². The SMILES string of the molecule is CCCCCCCCCCCCCCCCCO[C@H]1CC[C@@]2(C)C(=CC[C@H]3[C@@H]4CC[C@H]([C@H](C)CCCC(C)C)[C@@]4(C)CC[C@@H]32)C1. The summed E-state index contributed by atoms with van der Waals surface area (Å²) < 4.78 is 6.56. The van der Waals surface area contributed by atoms with Gasteiger partial charge in [0.25, 0.3) is 0 Å². The second-order valence-electron chi connectivity index (χ2n) is 18.0. The maximum atomic E-state index is 6.56. The number of ether oxygens (including phenoxy) is 1. The van der Waals surface area contributed by atoms with Gasteiger partial charge in [0.15, 0.2) is 0 Å². The van der Waals surface area contributed by atoms with Crippen molar-refractivity contribution >= 4 is 0 Å². The number of fused-ring (bicyclic) bond motifs is 5. The van der Waals surface area contributed by atoms with Gasteiger partial charge in [0, 0.05) is 6.61 Å². The van der Waals surface area contributed by atoms with E-state index in [2.05, 4.69) is 47.6 Å². The predicted molar refractivity (Wildman–Crippen MR) is 198 cm³/mol. The molecule has 4 aliphatic carbocycles. The van der Waals surface area contributed by atoms with Gasteiger partial charge in [0.05, 0.1) is 6.10 Å². The summed E-state index contributed by atoms with van der Waals surface area (Å²) in [5.74, 6) is 5.60. The topological polar surface area (TPSA) is 9.23 Å². The van der Waals surface area contributed by atoms with Gasteiger partial charge in [0.2, 0.25) is 0 Å². The summed E-state index contributed by atoms with van der Waals surface area (Å²) in [6, 6.07) is 0. The minimum absolute atomic E-state index is 0.458. The van der Waals surface area contributed by atoms with E-state index in [1.807, 2.05) is 0 Å². The summed E-state index contributed by atoms with van der Waals surface area (Å²) in [6.07, 6.45) is 40.3. The molecule has 0 aromatic carbocycles. The summed E-state index contributed by atoms with van der Waals surface area (Å²) in [6.45, 7) is 16.1. The molecule has 0 aliphatic heterocycles. The van der Waals surface area contributed by atoms with E-state index in [9.17, 15) is 0 Å². The molecule has 0 N–H and O–H groups in total. The fourth-order valence-electron chi connectivity index (χ4n) is 11.5. The third-order valence-electron chi connectivity index (χ3n) is 14.4. The van der Waals surface area contributed by atoms with Crippen LogP contribution in [0.3, 0.4) is 0 Å². The Morgan fingerprint density at radius 3 is 1.93 bits per heavy atom. The molecule has 0 aromatic heterocycles. The Morgan fingerprint density at radius 2 is 1.31 bits per heavy atom. The molecule has 3 saturated carbocycles.